The number of methoxy groups -OCH3 is 1. The number of pyridine rings is 1. The minimum Gasteiger partial charge on any atom is -0.480 e. The summed E-state index contributed by atoms with van der Waals surface area (Å²) in [5, 5.41) is 0.00219. The lowest BCUT2D eigenvalue weighted by Crippen LogP contribution is -2.18. The van der Waals surface area contributed by atoms with Crippen molar-refractivity contribution in [3.05, 3.63) is 41.6 Å². The first-order chi connectivity index (χ1) is 9.94. The van der Waals surface area contributed by atoms with Crippen LogP contribution in [0.1, 0.15) is 5.69 Å². The molecule has 110 valence electrons. The largest absolute Gasteiger partial charge is 0.480 e. The second-order valence-corrected chi connectivity index (χ2v) is 5.68. The van der Waals surface area contributed by atoms with Crippen LogP contribution < -0.4 is 10.5 Å². The van der Waals surface area contributed by atoms with Crippen molar-refractivity contribution in [1.82, 2.24) is 15.0 Å². The molecule has 0 saturated carbocycles. The van der Waals surface area contributed by atoms with Crippen LogP contribution in [-0.4, -0.2) is 36.3 Å². The molecule has 10 heteroatoms. The molecule has 8 nitrogen and oxygen atoms in total. The predicted octanol–water partition coefficient (Wildman–Crippen LogP) is 0.628. The topological polar surface area (TPSA) is 120 Å². The molecule has 0 spiro atoms. The van der Waals surface area contributed by atoms with E-state index in [-0.39, 0.29) is 27.3 Å². The summed E-state index contributed by atoms with van der Waals surface area (Å²) in [5.41, 5.74) is 5.72. The average Bonchev–Trinajstić information content (AvgIpc) is 2.47. The highest BCUT2D eigenvalue weighted by atomic mass is 35.5. The molecular weight excluding hydrogens is 318 g/mol. The number of amidine groups is 1. The van der Waals surface area contributed by atoms with Gasteiger partial charge in [0, 0.05) is 12.4 Å². The summed E-state index contributed by atoms with van der Waals surface area (Å²) in [6.45, 7) is 0. The van der Waals surface area contributed by atoms with Crippen molar-refractivity contribution in [3.8, 4) is 5.88 Å². The van der Waals surface area contributed by atoms with Gasteiger partial charge in [0.15, 0.2) is 5.84 Å². The zero-order chi connectivity index (χ0) is 15.5. The standard InChI is InChI=1S/C11H10ClN5O3S/c1-20-10-6-15-8(4-16-10)11(13)17-21(18,19)9-5-14-3-2-7(9)12/h2-6H,1H3,(H2,13,17). The fourth-order valence-corrected chi connectivity index (χ4v) is 2.69. The third kappa shape index (κ3) is 3.44. The summed E-state index contributed by atoms with van der Waals surface area (Å²) in [5.74, 6) is -0.0465. The van der Waals surface area contributed by atoms with Gasteiger partial charge < -0.3 is 10.5 Å². The number of halogens is 1. The molecule has 2 aromatic rings. The van der Waals surface area contributed by atoms with Crippen LogP contribution in [0.2, 0.25) is 5.02 Å². The van der Waals surface area contributed by atoms with E-state index >= 15 is 0 Å². The van der Waals surface area contributed by atoms with E-state index in [0.717, 1.165) is 6.20 Å². The monoisotopic (exact) mass is 327 g/mol. The molecule has 0 saturated heterocycles. The van der Waals surface area contributed by atoms with Crippen LogP contribution >= 0.6 is 11.6 Å². The van der Waals surface area contributed by atoms with Crippen LogP contribution in [0.4, 0.5) is 0 Å². The Morgan fingerprint density at radius 2 is 2.10 bits per heavy atom. The molecule has 0 unspecified atom stereocenters. The van der Waals surface area contributed by atoms with Gasteiger partial charge in [-0.1, -0.05) is 11.6 Å². The quantitative estimate of drug-likeness (QED) is 0.645. The summed E-state index contributed by atoms with van der Waals surface area (Å²) in [4.78, 5) is 11.2. The highest BCUT2D eigenvalue weighted by Gasteiger charge is 2.18. The highest BCUT2D eigenvalue weighted by molar-refractivity contribution is 7.90. The number of nitrogens with two attached hydrogens (primary N) is 1. The Morgan fingerprint density at radius 3 is 2.67 bits per heavy atom. The van der Waals surface area contributed by atoms with E-state index in [9.17, 15) is 8.42 Å². The SMILES string of the molecule is COc1cnc(/C(N)=N/S(=O)(=O)c2cnccc2Cl)cn1. The number of ether oxygens (including phenoxy) is 1. The summed E-state index contributed by atoms with van der Waals surface area (Å²) < 4.78 is 32.5. The Labute approximate surface area is 125 Å². The zero-order valence-corrected chi connectivity index (χ0v) is 12.3. The minimum absolute atomic E-state index is 0.00219. The first-order valence-corrected chi connectivity index (χ1v) is 7.32. The van der Waals surface area contributed by atoms with Crippen molar-refractivity contribution < 1.29 is 13.2 Å². The second kappa shape index (κ2) is 6.02. The minimum atomic E-state index is -4.08. The molecule has 2 heterocycles. The van der Waals surface area contributed by atoms with Crippen LogP contribution in [-0.2, 0) is 10.0 Å². The maximum Gasteiger partial charge on any atom is 0.287 e. The molecular formula is C11H10ClN5O3S. The molecule has 0 fully saturated rings. The van der Waals surface area contributed by atoms with Gasteiger partial charge in [0.25, 0.3) is 10.0 Å². The van der Waals surface area contributed by atoms with Crippen molar-refractivity contribution in [3.63, 3.8) is 0 Å². The Bertz CT molecular complexity index is 777. The molecule has 0 aliphatic heterocycles. The first-order valence-electron chi connectivity index (χ1n) is 5.50. The van der Waals surface area contributed by atoms with Crippen LogP contribution in [0.25, 0.3) is 0 Å². The first kappa shape index (κ1) is 15.1. The fourth-order valence-electron chi connectivity index (χ4n) is 1.33. The maximum absolute atomic E-state index is 12.1. The molecule has 0 aromatic carbocycles. The highest BCUT2D eigenvalue weighted by Crippen LogP contribution is 2.21. The number of aromatic nitrogens is 3. The number of nitrogens with zero attached hydrogens (tertiary/aromatic N) is 4. The van der Waals surface area contributed by atoms with Gasteiger partial charge in [0.1, 0.15) is 10.6 Å². The normalized spacial score (nSPS) is 12.2. The Kier molecular flexibility index (Phi) is 4.34. The average molecular weight is 328 g/mol. The van der Waals surface area contributed by atoms with Crippen molar-refractivity contribution >= 4 is 27.5 Å². The van der Waals surface area contributed by atoms with E-state index in [0.29, 0.717) is 0 Å². The number of hydrogen-bond acceptors (Lipinski definition) is 6. The van der Waals surface area contributed by atoms with Gasteiger partial charge >= 0.3 is 0 Å². The van der Waals surface area contributed by atoms with E-state index in [1.54, 1.807) is 0 Å². The second-order valence-electron chi connectivity index (χ2n) is 3.70. The molecule has 0 aliphatic carbocycles. The van der Waals surface area contributed by atoms with Crippen molar-refractivity contribution in [2.45, 2.75) is 4.90 Å². The van der Waals surface area contributed by atoms with Gasteiger partial charge in [-0.3, -0.25) is 4.98 Å². The van der Waals surface area contributed by atoms with Crippen LogP contribution in [0.3, 0.4) is 0 Å². The van der Waals surface area contributed by atoms with E-state index in [4.69, 9.17) is 22.1 Å². The number of sulfonamides is 1. The lowest BCUT2D eigenvalue weighted by atomic mass is 10.4. The van der Waals surface area contributed by atoms with Crippen molar-refractivity contribution in [2.24, 2.45) is 10.1 Å². The fraction of sp³-hybridized carbons (Fsp3) is 0.0909. The Hall–Kier alpha value is -2.26. The van der Waals surface area contributed by atoms with Gasteiger partial charge in [-0.2, -0.15) is 8.42 Å². The zero-order valence-electron chi connectivity index (χ0n) is 10.8. The van der Waals surface area contributed by atoms with E-state index in [1.807, 2.05) is 0 Å². The van der Waals surface area contributed by atoms with Crippen LogP contribution in [0.15, 0.2) is 40.1 Å². The third-order valence-corrected chi connectivity index (χ3v) is 4.09. The van der Waals surface area contributed by atoms with Crippen molar-refractivity contribution in [1.29, 1.82) is 0 Å². The molecule has 21 heavy (non-hydrogen) atoms. The van der Waals surface area contributed by atoms with Gasteiger partial charge in [-0.25, -0.2) is 9.97 Å². The lowest BCUT2D eigenvalue weighted by molar-refractivity contribution is 0.395. The molecule has 2 aromatic heterocycles. The lowest BCUT2D eigenvalue weighted by Gasteiger charge is -2.03. The Balaban J connectivity index is 2.39. The molecule has 2 N–H and O–H groups in total. The molecule has 0 radical (unpaired) electrons. The van der Waals surface area contributed by atoms with Crippen LogP contribution in [0, 0.1) is 0 Å². The van der Waals surface area contributed by atoms with Gasteiger partial charge in [-0.05, 0) is 6.07 Å². The third-order valence-electron chi connectivity index (χ3n) is 2.33. The summed E-state index contributed by atoms with van der Waals surface area (Å²) in [6, 6.07) is 1.34. The molecule has 0 aliphatic rings. The smallest absolute Gasteiger partial charge is 0.287 e. The summed E-state index contributed by atoms with van der Waals surface area (Å²) >= 11 is 5.80. The van der Waals surface area contributed by atoms with E-state index in [2.05, 4.69) is 19.3 Å². The summed E-state index contributed by atoms with van der Waals surface area (Å²) in [6.07, 6.45) is 5.00. The predicted molar refractivity (Wildman–Crippen MR) is 75.7 cm³/mol. The van der Waals surface area contributed by atoms with Crippen LogP contribution in [0.5, 0.6) is 5.88 Å². The molecule has 0 bridgehead atoms. The van der Waals surface area contributed by atoms with Gasteiger partial charge in [0.05, 0.1) is 24.5 Å². The maximum atomic E-state index is 12.1. The molecule has 0 atom stereocenters. The Morgan fingerprint density at radius 1 is 1.33 bits per heavy atom. The molecule has 0 amide bonds. The number of rotatable bonds is 4. The summed E-state index contributed by atoms with van der Waals surface area (Å²) in [7, 11) is -2.66. The molecule has 2 rings (SSSR count). The van der Waals surface area contributed by atoms with E-state index in [1.165, 1.54) is 31.8 Å². The van der Waals surface area contributed by atoms with Gasteiger partial charge in [-0.15, -0.1) is 4.40 Å². The number of hydrogen-bond donors (Lipinski definition) is 1. The van der Waals surface area contributed by atoms with Gasteiger partial charge in [0.2, 0.25) is 5.88 Å². The van der Waals surface area contributed by atoms with E-state index < -0.39 is 10.0 Å². The van der Waals surface area contributed by atoms with Crippen molar-refractivity contribution in [2.75, 3.05) is 7.11 Å².